The van der Waals surface area contributed by atoms with Crippen LogP contribution in [0.5, 0.6) is 0 Å². The molecule has 0 bridgehead atoms. The number of benzene rings is 1. The normalized spacial score (nSPS) is 18.2. The van der Waals surface area contributed by atoms with E-state index in [1.165, 1.54) is 0 Å². The molecule has 5 heteroatoms. The molecule has 1 aliphatic heterocycles. The Balaban J connectivity index is 1.88. The van der Waals surface area contributed by atoms with Crippen LogP contribution >= 0.6 is 11.6 Å². The lowest BCUT2D eigenvalue weighted by atomic mass is 10.0. The number of hydrogen-bond donors (Lipinski definition) is 1. The third-order valence-electron chi connectivity index (χ3n) is 3.87. The van der Waals surface area contributed by atoms with Gasteiger partial charge in [0.1, 0.15) is 0 Å². The molecule has 1 aliphatic rings. The van der Waals surface area contributed by atoms with E-state index >= 15 is 0 Å². The zero-order valence-electron chi connectivity index (χ0n) is 12.5. The van der Waals surface area contributed by atoms with E-state index < -0.39 is 0 Å². The third kappa shape index (κ3) is 4.70. The van der Waals surface area contributed by atoms with Gasteiger partial charge in [-0.1, -0.05) is 29.8 Å². The van der Waals surface area contributed by atoms with Gasteiger partial charge in [-0.2, -0.15) is 0 Å². The van der Waals surface area contributed by atoms with Crippen LogP contribution in [0.1, 0.15) is 18.4 Å². The average Bonchev–Trinajstić information content (AvgIpc) is 2.94. The second kappa shape index (κ2) is 8.37. The maximum absolute atomic E-state index is 12.3. The Kier molecular flexibility index (Phi) is 6.49. The molecule has 1 fully saturated rings. The van der Waals surface area contributed by atoms with Crippen LogP contribution in [0, 0.1) is 0 Å². The van der Waals surface area contributed by atoms with Gasteiger partial charge in [0.25, 0.3) is 0 Å². The van der Waals surface area contributed by atoms with Gasteiger partial charge < -0.3 is 15.0 Å². The molecule has 0 spiro atoms. The topological polar surface area (TPSA) is 41.6 Å². The maximum atomic E-state index is 12.3. The van der Waals surface area contributed by atoms with Gasteiger partial charge in [-0.25, -0.2) is 0 Å². The summed E-state index contributed by atoms with van der Waals surface area (Å²) in [6.07, 6.45) is 2.96. The number of ether oxygens (including phenoxy) is 1. The molecular formula is C16H23ClN2O2. The zero-order chi connectivity index (χ0) is 15.1. The van der Waals surface area contributed by atoms with Crippen molar-refractivity contribution in [3.8, 4) is 0 Å². The number of hydrogen-bond acceptors (Lipinski definition) is 3. The first-order valence-corrected chi connectivity index (χ1v) is 7.82. The van der Waals surface area contributed by atoms with Crippen molar-refractivity contribution in [1.82, 2.24) is 10.2 Å². The number of nitrogens with one attached hydrogen (secondary N) is 1. The first-order valence-electron chi connectivity index (χ1n) is 7.45. The number of likely N-dealkylation sites (tertiary alicyclic amines) is 1. The first kappa shape index (κ1) is 16.3. The van der Waals surface area contributed by atoms with Crippen LogP contribution < -0.4 is 5.32 Å². The summed E-state index contributed by atoms with van der Waals surface area (Å²) in [5.74, 6) is 0.167. The molecule has 0 aromatic heterocycles. The lowest BCUT2D eigenvalue weighted by Crippen LogP contribution is -2.42. The highest BCUT2D eigenvalue weighted by atomic mass is 35.5. The van der Waals surface area contributed by atoms with Gasteiger partial charge >= 0.3 is 0 Å². The van der Waals surface area contributed by atoms with Gasteiger partial charge in [0.15, 0.2) is 0 Å². The van der Waals surface area contributed by atoms with Crippen molar-refractivity contribution in [2.75, 3.05) is 33.4 Å². The average molecular weight is 311 g/mol. The summed E-state index contributed by atoms with van der Waals surface area (Å²) < 4.78 is 4.96. The molecule has 0 aliphatic carbocycles. The molecule has 1 N–H and O–H groups in total. The van der Waals surface area contributed by atoms with Crippen molar-refractivity contribution in [3.05, 3.63) is 34.9 Å². The minimum Gasteiger partial charge on any atom is -0.383 e. The van der Waals surface area contributed by atoms with Crippen molar-refractivity contribution in [2.45, 2.75) is 25.3 Å². The summed E-state index contributed by atoms with van der Waals surface area (Å²) in [5.41, 5.74) is 1.12. The molecule has 116 valence electrons. The molecule has 1 amide bonds. The van der Waals surface area contributed by atoms with E-state index in [1.54, 1.807) is 7.11 Å². The number of carbonyl (C=O) groups excluding carboxylic acids is 1. The predicted molar refractivity (Wildman–Crippen MR) is 84.6 cm³/mol. The molecule has 0 saturated carbocycles. The molecule has 1 aromatic carbocycles. The van der Waals surface area contributed by atoms with Crippen LogP contribution in [0.4, 0.5) is 0 Å². The Morgan fingerprint density at radius 2 is 2.29 bits per heavy atom. The highest BCUT2D eigenvalue weighted by molar-refractivity contribution is 6.31. The van der Waals surface area contributed by atoms with Crippen molar-refractivity contribution < 1.29 is 9.53 Å². The van der Waals surface area contributed by atoms with Crippen molar-refractivity contribution in [1.29, 1.82) is 0 Å². The maximum Gasteiger partial charge on any atom is 0.236 e. The fraction of sp³-hybridized carbons (Fsp3) is 0.562. The smallest absolute Gasteiger partial charge is 0.236 e. The van der Waals surface area contributed by atoms with E-state index in [4.69, 9.17) is 16.3 Å². The van der Waals surface area contributed by atoms with E-state index in [0.29, 0.717) is 19.7 Å². The first-order chi connectivity index (χ1) is 10.2. The quantitative estimate of drug-likeness (QED) is 0.784. The highest BCUT2D eigenvalue weighted by Crippen LogP contribution is 2.24. The molecule has 0 unspecified atom stereocenters. The van der Waals surface area contributed by atoms with E-state index in [-0.39, 0.29) is 11.9 Å². The molecule has 1 atom stereocenters. The molecule has 0 radical (unpaired) electrons. The number of rotatable bonds is 7. The third-order valence-corrected chi connectivity index (χ3v) is 4.24. The Morgan fingerprint density at radius 3 is 3.05 bits per heavy atom. The van der Waals surface area contributed by atoms with Crippen molar-refractivity contribution in [3.63, 3.8) is 0 Å². The van der Waals surface area contributed by atoms with Gasteiger partial charge in [-0.05, 0) is 30.9 Å². The van der Waals surface area contributed by atoms with Crippen LogP contribution in [0.3, 0.4) is 0 Å². The molecule has 1 heterocycles. The highest BCUT2D eigenvalue weighted by Gasteiger charge is 2.28. The minimum atomic E-state index is 0.167. The Hall–Kier alpha value is -1.10. The summed E-state index contributed by atoms with van der Waals surface area (Å²) in [7, 11) is 1.66. The Bertz CT molecular complexity index is 467. The fourth-order valence-electron chi connectivity index (χ4n) is 2.77. The van der Waals surface area contributed by atoms with Gasteiger partial charge in [0, 0.05) is 31.3 Å². The largest absolute Gasteiger partial charge is 0.383 e. The van der Waals surface area contributed by atoms with Crippen LogP contribution in [0.25, 0.3) is 0 Å². The van der Waals surface area contributed by atoms with Crippen molar-refractivity contribution >= 4 is 17.5 Å². The number of carbonyl (C=O) groups is 1. The van der Waals surface area contributed by atoms with E-state index in [1.807, 2.05) is 29.2 Å². The predicted octanol–water partition coefficient (Wildman–Crippen LogP) is 2.11. The monoisotopic (exact) mass is 310 g/mol. The summed E-state index contributed by atoms with van der Waals surface area (Å²) in [4.78, 5) is 14.3. The number of amides is 1. The van der Waals surface area contributed by atoms with E-state index in [9.17, 15) is 4.79 Å². The zero-order valence-corrected chi connectivity index (χ0v) is 13.2. The number of halogens is 1. The number of methoxy groups -OCH3 is 1. The van der Waals surface area contributed by atoms with Gasteiger partial charge in [-0.15, -0.1) is 0 Å². The Morgan fingerprint density at radius 1 is 1.48 bits per heavy atom. The molecule has 1 aromatic rings. The fourth-order valence-corrected chi connectivity index (χ4v) is 2.98. The van der Waals surface area contributed by atoms with E-state index in [2.05, 4.69) is 5.32 Å². The van der Waals surface area contributed by atoms with Crippen LogP contribution in [-0.4, -0.2) is 50.2 Å². The standard InChI is InChI=1S/C16H23ClN2O2/c1-21-10-8-18-12-16(20)19-9-4-6-14(19)11-13-5-2-3-7-15(13)17/h2-3,5,7,14,18H,4,6,8-12H2,1H3/t14-/m1/s1. The van der Waals surface area contributed by atoms with Gasteiger partial charge in [0.2, 0.25) is 5.91 Å². The SMILES string of the molecule is COCCNCC(=O)N1CCC[C@@H]1Cc1ccccc1Cl. The summed E-state index contributed by atoms with van der Waals surface area (Å²) in [5, 5.41) is 3.90. The van der Waals surface area contributed by atoms with Gasteiger partial charge in [-0.3, -0.25) is 4.79 Å². The second-order valence-corrected chi connectivity index (χ2v) is 5.76. The molecule has 4 nitrogen and oxygen atoms in total. The van der Waals surface area contributed by atoms with Gasteiger partial charge in [0.05, 0.1) is 13.2 Å². The molecule has 2 rings (SSSR count). The van der Waals surface area contributed by atoms with Crippen LogP contribution in [0.15, 0.2) is 24.3 Å². The molecular weight excluding hydrogens is 288 g/mol. The molecule has 21 heavy (non-hydrogen) atoms. The lowest BCUT2D eigenvalue weighted by Gasteiger charge is -2.25. The Labute approximate surface area is 131 Å². The van der Waals surface area contributed by atoms with E-state index in [0.717, 1.165) is 36.4 Å². The van der Waals surface area contributed by atoms with Crippen LogP contribution in [0.2, 0.25) is 5.02 Å². The lowest BCUT2D eigenvalue weighted by molar-refractivity contribution is -0.131. The van der Waals surface area contributed by atoms with Crippen molar-refractivity contribution in [2.24, 2.45) is 0 Å². The summed E-state index contributed by atoms with van der Waals surface area (Å²) >= 11 is 6.22. The van der Waals surface area contributed by atoms with Crippen LogP contribution in [-0.2, 0) is 16.0 Å². The molecule has 1 saturated heterocycles. The summed E-state index contributed by atoms with van der Waals surface area (Å²) in [6, 6.07) is 8.14. The summed E-state index contributed by atoms with van der Waals surface area (Å²) in [6.45, 7) is 2.55. The minimum absolute atomic E-state index is 0.167. The number of nitrogens with zero attached hydrogens (tertiary/aromatic N) is 1. The second-order valence-electron chi connectivity index (χ2n) is 5.35.